The fourth-order valence-corrected chi connectivity index (χ4v) is 1.77. The van der Waals surface area contributed by atoms with Crippen LogP contribution in [0.2, 0.25) is 0 Å². The van der Waals surface area contributed by atoms with Gasteiger partial charge in [-0.3, -0.25) is 10.1 Å². The Morgan fingerprint density at radius 3 is 2.95 bits per heavy atom. The number of aryl methyl sites for hydroxylation is 1. The zero-order valence-corrected chi connectivity index (χ0v) is 10.1. The highest BCUT2D eigenvalue weighted by molar-refractivity contribution is 6.11. The van der Waals surface area contributed by atoms with E-state index in [1.54, 1.807) is 13.1 Å². The maximum absolute atomic E-state index is 12.2. The Labute approximate surface area is 108 Å². The third-order valence-corrected chi connectivity index (χ3v) is 2.73. The summed E-state index contributed by atoms with van der Waals surface area (Å²) in [5, 5.41) is 15.1. The summed E-state index contributed by atoms with van der Waals surface area (Å²) in [5.74, 6) is 0.0908. The molecule has 0 aliphatic carbocycles. The van der Waals surface area contributed by atoms with Gasteiger partial charge in [0.15, 0.2) is 0 Å². The van der Waals surface area contributed by atoms with Gasteiger partial charge in [-0.05, 0) is 6.07 Å². The summed E-state index contributed by atoms with van der Waals surface area (Å²) in [5.41, 5.74) is 1.13. The zero-order valence-electron chi connectivity index (χ0n) is 10.1. The first-order chi connectivity index (χ1) is 9.25. The van der Waals surface area contributed by atoms with Crippen LogP contribution in [-0.2, 0) is 7.05 Å². The quantitative estimate of drug-likeness (QED) is 0.737. The van der Waals surface area contributed by atoms with Gasteiger partial charge in [-0.15, -0.1) is 0 Å². The van der Waals surface area contributed by atoms with Gasteiger partial charge in [0.25, 0.3) is 5.91 Å². The number of carbonyl (C=O) groups excluding carboxylic acids is 1. The molecule has 1 amide bonds. The topological polar surface area (TPSA) is 85.6 Å². The molecule has 1 N–H and O–H groups in total. The van der Waals surface area contributed by atoms with Gasteiger partial charge in [0, 0.05) is 12.4 Å². The molecule has 0 aliphatic rings. The maximum atomic E-state index is 12.2. The number of nitrogens with zero attached hydrogens (tertiary/aromatic N) is 5. The minimum Gasteiger partial charge on any atom is -0.291 e. The largest absolute Gasteiger partial charge is 0.291 e. The minimum absolute atomic E-state index is 0.290. The number of carbonyl (C=O) groups is 1. The van der Waals surface area contributed by atoms with Crippen molar-refractivity contribution in [3.05, 3.63) is 42.4 Å². The Bertz CT molecular complexity index is 745. The number of nitrogens with one attached hydrogen (secondary N) is 1. The first kappa shape index (κ1) is 11.3. The molecule has 0 fully saturated rings. The van der Waals surface area contributed by atoms with Gasteiger partial charge in [-0.25, -0.2) is 4.68 Å². The second kappa shape index (κ2) is 4.45. The fourth-order valence-electron chi connectivity index (χ4n) is 1.77. The van der Waals surface area contributed by atoms with Crippen LogP contribution in [0.4, 0.5) is 5.95 Å². The van der Waals surface area contributed by atoms with Crippen LogP contribution in [0.15, 0.2) is 36.8 Å². The van der Waals surface area contributed by atoms with Gasteiger partial charge in [0.05, 0.1) is 17.3 Å². The van der Waals surface area contributed by atoms with E-state index in [2.05, 4.69) is 25.6 Å². The molecule has 1 aromatic carbocycles. The van der Waals surface area contributed by atoms with E-state index >= 15 is 0 Å². The predicted octanol–water partition coefficient (Wildman–Crippen LogP) is 1.01. The molecule has 0 aliphatic heterocycles. The van der Waals surface area contributed by atoms with E-state index in [0.717, 1.165) is 5.39 Å². The lowest BCUT2D eigenvalue weighted by Gasteiger charge is -2.05. The molecule has 0 bridgehead atoms. The summed E-state index contributed by atoms with van der Waals surface area (Å²) in [6.45, 7) is 0. The van der Waals surface area contributed by atoms with E-state index < -0.39 is 0 Å². The molecule has 0 spiro atoms. The van der Waals surface area contributed by atoms with Gasteiger partial charge in [-0.1, -0.05) is 18.2 Å². The van der Waals surface area contributed by atoms with Crippen LogP contribution in [0.25, 0.3) is 10.9 Å². The molecular weight excluding hydrogens is 244 g/mol. The Balaban J connectivity index is 2.00. The Morgan fingerprint density at radius 2 is 2.16 bits per heavy atom. The summed E-state index contributed by atoms with van der Waals surface area (Å²) in [6, 6.07) is 7.33. The number of amides is 1. The molecule has 3 rings (SSSR count). The normalized spacial score (nSPS) is 10.6. The SMILES string of the molecule is Cn1ncnc1NC(=O)c1cnnc2ccccc12. The average molecular weight is 254 g/mol. The van der Waals surface area contributed by atoms with Crippen LogP contribution >= 0.6 is 0 Å². The van der Waals surface area contributed by atoms with E-state index in [4.69, 9.17) is 0 Å². The van der Waals surface area contributed by atoms with Crippen molar-refractivity contribution in [3.63, 3.8) is 0 Å². The second-order valence-electron chi connectivity index (χ2n) is 3.94. The highest BCUT2D eigenvalue weighted by Crippen LogP contribution is 2.16. The van der Waals surface area contributed by atoms with Crippen LogP contribution in [0, 0.1) is 0 Å². The predicted molar refractivity (Wildman–Crippen MR) is 68.5 cm³/mol. The standard InChI is InChI=1S/C12H10N6O/c1-18-12(13-7-15-18)16-11(19)9-6-14-17-10-5-3-2-4-8(9)10/h2-7H,1H3,(H,13,15,16,19). The molecule has 3 aromatic rings. The summed E-state index contributed by atoms with van der Waals surface area (Å²) >= 11 is 0. The van der Waals surface area contributed by atoms with Crippen molar-refractivity contribution >= 4 is 22.8 Å². The number of fused-ring (bicyclic) bond motifs is 1. The average Bonchev–Trinajstić information content (AvgIpc) is 2.83. The van der Waals surface area contributed by atoms with E-state index in [-0.39, 0.29) is 5.91 Å². The molecule has 0 atom stereocenters. The van der Waals surface area contributed by atoms with Gasteiger partial charge in [0.2, 0.25) is 5.95 Å². The monoisotopic (exact) mass is 254 g/mol. The zero-order chi connectivity index (χ0) is 13.2. The molecule has 19 heavy (non-hydrogen) atoms. The minimum atomic E-state index is -0.290. The van der Waals surface area contributed by atoms with Crippen LogP contribution < -0.4 is 5.32 Å². The lowest BCUT2D eigenvalue weighted by Crippen LogP contribution is -2.16. The first-order valence-corrected chi connectivity index (χ1v) is 5.61. The molecule has 94 valence electrons. The third-order valence-electron chi connectivity index (χ3n) is 2.73. The Morgan fingerprint density at radius 1 is 1.32 bits per heavy atom. The summed E-state index contributed by atoms with van der Waals surface area (Å²) in [6.07, 6.45) is 2.81. The van der Waals surface area contributed by atoms with Crippen molar-refractivity contribution in [2.75, 3.05) is 5.32 Å². The molecule has 7 heteroatoms. The molecule has 2 heterocycles. The van der Waals surface area contributed by atoms with E-state index in [1.807, 2.05) is 18.2 Å². The summed E-state index contributed by atoms with van der Waals surface area (Å²) in [7, 11) is 1.70. The number of aromatic nitrogens is 5. The number of rotatable bonds is 2. The van der Waals surface area contributed by atoms with Crippen LogP contribution in [0.5, 0.6) is 0 Å². The Kier molecular flexibility index (Phi) is 2.64. The van der Waals surface area contributed by atoms with Crippen molar-refractivity contribution in [2.45, 2.75) is 0 Å². The molecule has 0 radical (unpaired) electrons. The van der Waals surface area contributed by atoms with E-state index in [0.29, 0.717) is 17.0 Å². The number of anilines is 1. The van der Waals surface area contributed by atoms with Crippen molar-refractivity contribution in [1.29, 1.82) is 0 Å². The van der Waals surface area contributed by atoms with Crippen molar-refractivity contribution in [3.8, 4) is 0 Å². The smallest absolute Gasteiger partial charge is 0.260 e. The highest BCUT2D eigenvalue weighted by Gasteiger charge is 2.13. The van der Waals surface area contributed by atoms with Gasteiger partial charge in [-0.2, -0.15) is 20.3 Å². The third kappa shape index (κ3) is 2.01. The van der Waals surface area contributed by atoms with Crippen LogP contribution in [0.1, 0.15) is 10.4 Å². The second-order valence-corrected chi connectivity index (χ2v) is 3.94. The summed E-state index contributed by atoms with van der Waals surface area (Å²) < 4.78 is 1.48. The molecule has 0 unspecified atom stereocenters. The lowest BCUT2D eigenvalue weighted by atomic mass is 10.1. The van der Waals surface area contributed by atoms with Gasteiger partial charge < -0.3 is 0 Å². The highest BCUT2D eigenvalue weighted by atomic mass is 16.1. The maximum Gasteiger partial charge on any atom is 0.260 e. The number of benzene rings is 1. The fraction of sp³-hybridized carbons (Fsp3) is 0.0833. The van der Waals surface area contributed by atoms with Gasteiger partial charge in [0.1, 0.15) is 6.33 Å². The molecule has 7 nitrogen and oxygen atoms in total. The van der Waals surface area contributed by atoms with Crippen LogP contribution in [0.3, 0.4) is 0 Å². The van der Waals surface area contributed by atoms with Crippen molar-refractivity contribution in [2.24, 2.45) is 7.05 Å². The van der Waals surface area contributed by atoms with E-state index in [9.17, 15) is 4.79 Å². The van der Waals surface area contributed by atoms with Crippen LogP contribution in [-0.4, -0.2) is 30.9 Å². The first-order valence-electron chi connectivity index (χ1n) is 5.61. The lowest BCUT2D eigenvalue weighted by molar-refractivity contribution is 0.102. The number of hydrogen-bond acceptors (Lipinski definition) is 5. The number of hydrogen-bond donors (Lipinski definition) is 1. The molecule has 2 aromatic heterocycles. The van der Waals surface area contributed by atoms with Crippen molar-refractivity contribution in [1.82, 2.24) is 25.0 Å². The molecular formula is C12H10N6O. The van der Waals surface area contributed by atoms with E-state index in [1.165, 1.54) is 17.2 Å². The molecule has 0 saturated heterocycles. The van der Waals surface area contributed by atoms with Crippen molar-refractivity contribution < 1.29 is 4.79 Å². The Hall–Kier alpha value is -2.83. The summed E-state index contributed by atoms with van der Waals surface area (Å²) in [4.78, 5) is 16.2. The van der Waals surface area contributed by atoms with Gasteiger partial charge >= 0.3 is 0 Å². The molecule has 0 saturated carbocycles.